The second-order valence-corrected chi connectivity index (χ2v) is 3.71. The third-order valence-corrected chi connectivity index (χ3v) is 2.30. The number of nitro benzene ring substituents is 1. The van der Waals surface area contributed by atoms with Crippen molar-refractivity contribution in [2.75, 3.05) is 12.4 Å². The number of aryl methyl sites for hydroxylation is 1. The highest BCUT2D eigenvalue weighted by molar-refractivity contribution is 7.80. The number of nitrogens with two attached hydrogens (primary N) is 1. The van der Waals surface area contributed by atoms with Gasteiger partial charge in [0.1, 0.15) is 5.69 Å². The van der Waals surface area contributed by atoms with E-state index in [1.54, 1.807) is 19.2 Å². The number of thiocarbonyl (C=S) groups is 1. The summed E-state index contributed by atoms with van der Waals surface area (Å²) in [7, 11) is 1.55. The Hall–Kier alpha value is -1.73. The molecule has 0 unspecified atom stereocenters. The molecule has 0 aliphatic carbocycles. The third kappa shape index (κ3) is 2.88. The standard InChI is InChI=1S/C9H12N4O2S/c1-6-3-4-8(13(14)15)7(5-6)11-9(16)12(2)10/h3-5H,10H2,1-2H3,(H,11,16). The number of nitro groups is 1. The van der Waals surface area contributed by atoms with Crippen LogP contribution in [0.1, 0.15) is 5.56 Å². The van der Waals surface area contributed by atoms with Crippen LogP contribution >= 0.6 is 12.2 Å². The van der Waals surface area contributed by atoms with Crippen molar-refractivity contribution >= 4 is 28.7 Å². The molecule has 0 aliphatic heterocycles. The largest absolute Gasteiger partial charge is 0.326 e. The molecule has 6 nitrogen and oxygen atoms in total. The zero-order chi connectivity index (χ0) is 12.3. The number of hydrazine groups is 1. The van der Waals surface area contributed by atoms with Crippen molar-refractivity contribution in [3.05, 3.63) is 33.9 Å². The molecule has 0 bridgehead atoms. The summed E-state index contributed by atoms with van der Waals surface area (Å²) in [5, 5.41) is 14.9. The lowest BCUT2D eigenvalue weighted by Crippen LogP contribution is -2.36. The minimum absolute atomic E-state index is 0.0326. The third-order valence-electron chi connectivity index (χ3n) is 1.91. The SMILES string of the molecule is Cc1ccc([N+](=O)[O-])c(NC(=S)N(C)N)c1. The average Bonchev–Trinajstić information content (AvgIpc) is 2.16. The molecule has 0 aliphatic rings. The lowest BCUT2D eigenvalue weighted by molar-refractivity contribution is -0.383. The van der Waals surface area contributed by atoms with Crippen molar-refractivity contribution in [2.24, 2.45) is 5.84 Å². The number of nitrogens with one attached hydrogen (secondary N) is 1. The van der Waals surface area contributed by atoms with E-state index < -0.39 is 4.92 Å². The van der Waals surface area contributed by atoms with Gasteiger partial charge >= 0.3 is 0 Å². The maximum Gasteiger partial charge on any atom is 0.292 e. The zero-order valence-corrected chi connectivity index (χ0v) is 9.75. The monoisotopic (exact) mass is 240 g/mol. The molecular formula is C9H12N4O2S. The van der Waals surface area contributed by atoms with E-state index in [1.165, 1.54) is 11.1 Å². The maximum atomic E-state index is 10.8. The summed E-state index contributed by atoms with van der Waals surface area (Å²) in [5.74, 6) is 5.41. The molecule has 1 aromatic carbocycles. The van der Waals surface area contributed by atoms with Gasteiger partial charge in [-0.3, -0.25) is 15.1 Å². The van der Waals surface area contributed by atoms with Gasteiger partial charge in [-0.25, -0.2) is 5.84 Å². The number of hydrogen-bond donors (Lipinski definition) is 2. The first-order valence-corrected chi connectivity index (χ1v) is 4.87. The molecule has 16 heavy (non-hydrogen) atoms. The van der Waals surface area contributed by atoms with Crippen molar-refractivity contribution in [3.63, 3.8) is 0 Å². The molecule has 0 aromatic heterocycles. The number of nitrogens with zero attached hydrogens (tertiary/aromatic N) is 2. The van der Waals surface area contributed by atoms with Gasteiger partial charge in [0, 0.05) is 13.1 Å². The summed E-state index contributed by atoms with van der Waals surface area (Å²) in [6, 6.07) is 4.74. The molecule has 0 amide bonds. The van der Waals surface area contributed by atoms with Gasteiger partial charge in [-0.05, 0) is 30.8 Å². The fourth-order valence-electron chi connectivity index (χ4n) is 1.11. The van der Waals surface area contributed by atoms with Gasteiger partial charge in [0.15, 0.2) is 5.11 Å². The lowest BCUT2D eigenvalue weighted by Gasteiger charge is -2.15. The molecule has 0 radical (unpaired) electrons. The molecular weight excluding hydrogens is 228 g/mol. The molecule has 3 N–H and O–H groups in total. The summed E-state index contributed by atoms with van der Waals surface area (Å²) in [6.45, 7) is 1.84. The summed E-state index contributed by atoms with van der Waals surface area (Å²) in [4.78, 5) is 10.3. The molecule has 1 rings (SSSR count). The first-order chi connectivity index (χ1) is 7.41. The highest BCUT2D eigenvalue weighted by Gasteiger charge is 2.14. The molecule has 0 saturated heterocycles. The summed E-state index contributed by atoms with van der Waals surface area (Å²) in [5.41, 5.74) is 1.21. The smallest absolute Gasteiger partial charge is 0.292 e. The Kier molecular flexibility index (Phi) is 3.75. The number of benzene rings is 1. The topological polar surface area (TPSA) is 84.4 Å². The second-order valence-electron chi connectivity index (χ2n) is 3.32. The Morgan fingerprint density at radius 3 is 2.75 bits per heavy atom. The predicted molar refractivity (Wildman–Crippen MR) is 66.0 cm³/mol. The van der Waals surface area contributed by atoms with Crippen LogP contribution in [0.15, 0.2) is 18.2 Å². The Bertz CT molecular complexity index is 434. The maximum absolute atomic E-state index is 10.8. The van der Waals surface area contributed by atoms with Gasteiger partial charge in [-0.1, -0.05) is 6.07 Å². The van der Waals surface area contributed by atoms with Crippen LogP contribution in [0, 0.1) is 17.0 Å². The Morgan fingerprint density at radius 1 is 1.62 bits per heavy atom. The Labute approximate surface area is 98.2 Å². The molecule has 86 valence electrons. The fraction of sp³-hybridized carbons (Fsp3) is 0.222. The van der Waals surface area contributed by atoms with Crippen molar-refractivity contribution in [2.45, 2.75) is 6.92 Å². The Morgan fingerprint density at radius 2 is 2.25 bits per heavy atom. The van der Waals surface area contributed by atoms with Crippen LogP contribution in [-0.4, -0.2) is 22.1 Å². The average molecular weight is 240 g/mol. The molecule has 0 heterocycles. The summed E-state index contributed by atoms with van der Waals surface area (Å²) < 4.78 is 0. The normalized spacial score (nSPS) is 9.69. The molecule has 0 spiro atoms. The van der Waals surface area contributed by atoms with Gasteiger partial charge in [0.05, 0.1) is 4.92 Å². The first kappa shape index (κ1) is 12.3. The quantitative estimate of drug-likeness (QED) is 0.352. The summed E-state index contributed by atoms with van der Waals surface area (Å²) in [6.07, 6.45) is 0. The first-order valence-electron chi connectivity index (χ1n) is 4.46. The molecule has 7 heteroatoms. The minimum atomic E-state index is -0.471. The van der Waals surface area contributed by atoms with Crippen LogP contribution < -0.4 is 11.2 Å². The van der Waals surface area contributed by atoms with E-state index in [0.717, 1.165) is 5.56 Å². The molecule has 1 aromatic rings. The number of hydrogen-bond acceptors (Lipinski definition) is 4. The van der Waals surface area contributed by atoms with Crippen molar-refractivity contribution in [1.82, 2.24) is 5.01 Å². The van der Waals surface area contributed by atoms with Gasteiger partial charge in [-0.15, -0.1) is 0 Å². The fourth-order valence-corrected chi connectivity index (χ4v) is 1.22. The molecule has 0 saturated carbocycles. The number of anilines is 1. The minimum Gasteiger partial charge on any atom is -0.326 e. The van der Waals surface area contributed by atoms with Crippen LogP contribution in [0.25, 0.3) is 0 Å². The van der Waals surface area contributed by atoms with E-state index in [4.69, 9.17) is 18.1 Å². The van der Waals surface area contributed by atoms with Crippen molar-refractivity contribution < 1.29 is 4.92 Å². The van der Waals surface area contributed by atoms with E-state index in [1.807, 2.05) is 6.92 Å². The van der Waals surface area contributed by atoms with Gasteiger partial charge < -0.3 is 5.32 Å². The van der Waals surface area contributed by atoms with E-state index in [2.05, 4.69) is 5.32 Å². The van der Waals surface area contributed by atoms with Crippen molar-refractivity contribution in [1.29, 1.82) is 0 Å². The molecule has 0 fully saturated rings. The van der Waals surface area contributed by atoms with Crippen LogP contribution in [-0.2, 0) is 0 Å². The van der Waals surface area contributed by atoms with Crippen LogP contribution in [0.4, 0.5) is 11.4 Å². The Balaban J connectivity index is 3.06. The number of rotatable bonds is 2. The summed E-state index contributed by atoms with van der Waals surface area (Å²) >= 11 is 4.92. The van der Waals surface area contributed by atoms with E-state index in [9.17, 15) is 10.1 Å². The second kappa shape index (κ2) is 4.86. The highest BCUT2D eigenvalue weighted by atomic mass is 32.1. The van der Waals surface area contributed by atoms with Crippen molar-refractivity contribution in [3.8, 4) is 0 Å². The van der Waals surface area contributed by atoms with Crippen LogP contribution in [0.5, 0.6) is 0 Å². The predicted octanol–water partition coefficient (Wildman–Crippen LogP) is 1.41. The van der Waals surface area contributed by atoms with E-state index in [-0.39, 0.29) is 10.8 Å². The zero-order valence-electron chi connectivity index (χ0n) is 8.93. The van der Waals surface area contributed by atoms with Gasteiger partial charge in [-0.2, -0.15) is 0 Å². The van der Waals surface area contributed by atoms with Crippen LogP contribution in [0.3, 0.4) is 0 Å². The molecule has 0 atom stereocenters. The van der Waals surface area contributed by atoms with Gasteiger partial charge in [0.2, 0.25) is 0 Å². The van der Waals surface area contributed by atoms with E-state index in [0.29, 0.717) is 5.69 Å². The van der Waals surface area contributed by atoms with E-state index >= 15 is 0 Å². The highest BCUT2D eigenvalue weighted by Crippen LogP contribution is 2.25. The van der Waals surface area contributed by atoms with Crippen LogP contribution in [0.2, 0.25) is 0 Å². The lowest BCUT2D eigenvalue weighted by atomic mass is 10.2. The van der Waals surface area contributed by atoms with Gasteiger partial charge in [0.25, 0.3) is 5.69 Å².